The second-order valence-electron chi connectivity index (χ2n) is 2.53. The van der Waals surface area contributed by atoms with E-state index in [-0.39, 0.29) is 0 Å². The molecule has 0 amide bonds. The third-order valence-corrected chi connectivity index (χ3v) is 1.55. The zero-order valence-electron chi connectivity index (χ0n) is 6.57. The number of halogens is 1. The minimum atomic E-state index is -0.710. The summed E-state index contributed by atoms with van der Waals surface area (Å²) < 4.78 is 12.6. The van der Waals surface area contributed by atoms with Crippen LogP contribution in [0, 0.1) is 5.82 Å². The summed E-state index contributed by atoms with van der Waals surface area (Å²) >= 11 is 0. The number of nitrogens with zero attached hydrogens (tertiary/aromatic N) is 1. The summed E-state index contributed by atoms with van der Waals surface area (Å²) in [6.45, 7) is 0.373. The lowest BCUT2D eigenvalue weighted by molar-refractivity contribution is 0.169. The predicted molar refractivity (Wildman–Crippen MR) is 42.8 cm³/mol. The molecule has 1 atom stereocenters. The lowest BCUT2D eigenvalue weighted by Gasteiger charge is -2.07. The molecule has 0 aliphatic rings. The summed E-state index contributed by atoms with van der Waals surface area (Å²) in [6.07, 6.45) is 2.24. The van der Waals surface area contributed by atoms with Gasteiger partial charge in [-0.25, -0.2) is 4.39 Å². The molecule has 1 heterocycles. The fraction of sp³-hybridized carbons (Fsp3) is 0.375. The van der Waals surface area contributed by atoms with Gasteiger partial charge in [-0.1, -0.05) is 0 Å². The van der Waals surface area contributed by atoms with E-state index in [2.05, 4.69) is 4.98 Å². The number of aromatic nitrogens is 1. The van der Waals surface area contributed by atoms with E-state index in [0.29, 0.717) is 18.5 Å². The van der Waals surface area contributed by atoms with Crippen molar-refractivity contribution in [2.24, 2.45) is 5.73 Å². The number of nitrogens with two attached hydrogens (primary N) is 1. The van der Waals surface area contributed by atoms with Gasteiger partial charge in [0.15, 0.2) is 0 Å². The summed E-state index contributed by atoms with van der Waals surface area (Å²) in [5, 5.41) is 9.36. The van der Waals surface area contributed by atoms with Crippen molar-refractivity contribution in [3.63, 3.8) is 0 Å². The zero-order chi connectivity index (χ0) is 8.97. The first-order valence-corrected chi connectivity index (χ1v) is 3.72. The van der Waals surface area contributed by atoms with Crippen LogP contribution in [0.4, 0.5) is 4.39 Å². The quantitative estimate of drug-likeness (QED) is 0.698. The monoisotopic (exact) mass is 170 g/mol. The van der Waals surface area contributed by atoms with Crippen molar-refractivity contribution in [1.29, 1.82) is 0 Å². The summed E-state index contributed by atoms with van der Waals surface area (Å²) in [5.41, 5.74) is 5.70. The van der Waals surface area contributed by atoms with Gasteiger partial charge in [-0.2, -0.15) is 0 Å². The second kappa shape index (κ2) is 4.13. The van der Waals surface area contributed by atoms with Crippen LogP contribution in [-0.4, -0.2) is 16.6 Å². The van der Waals surface area contributed by atoms with Crippen molar-refractivity contribution in [3.8, 4) is 0 Å². The molecule has 0 spiro atoms. The Labute approximate surface area is 70.0 Å². The molecule has 0 fully saturated rings. The molecule has 12 heavy (non-hydrogen) atoms. The lowest BCUT2D eigenvalue weighted by atomic mass is 10.1. The Hall–Kier alpha value is -1.00. The van der Waals surface area contributed by atoms with Crippen LogP contribution in [0.25, 0.3) is 0 Å². The molecular formula is C8H11FN2O. The van der Waals surface area contributed by atoms with Crippen LogP contribution < -0.4 is 5.73 Å². The summed E-state index contributed by atoms with van der Waals surface area (Å²) in [6, 6.07) is 1.26. The van der Waals surface area contributed by atoms with Crippen LogP contribution in [0.15, 0.2) is 18.5 Å². The van der Waals surface area contributed by atoms with Gasteiger partial charge in [0.1, 0.15) is 5.82 Å². The molecule has 1 aromatic heterocycles. The molecule has 0 aromatic carbocycles. The summed E-state index contributed by atoms with van der Waals surface area (Å²) in [5.74, 6) is -0.441. The molecule has 0 saturated heterocycles. The van der Waals surface area contributed by atoms with Gasteiger partial charge >= 0.3 is 0 Å². The van der Waals surface area contributed by atoms with Crippen molar-refractivity contribution in [2.45, 2.75) is 12.5 Å². The zero-order valence-corrected chi connectivity index (χ0v) is 6.57. The van der Waals surface area contributed by atoms with E-state index >= 15 is 0 Å². The Kier molecular flexibility index (Phi) is 3.13. The van der Waals surface area contributed by atoms with Crippen LogP contribution in [0.1, 0.15) is 18.1 Å². The van der Waals surface area contributed by atoms with Crippen LogP contribution in [0.5, 0.6) is 0 Å². The van der Waals surface area contributed by atoms with Crippen molar-refractivity contribution < 1.29 is 9.50 Å². The number of pyridine rings is 1. The standard InChI is InChI=1S/C8H11FN2O/c9-7-3-6(4-11-5-7)8(12)1-2-10/h3-5,8,12H,1-2,10H2/t8-/m0/s1. The average Bonchev–Trinajstić information content (AvgIpc) is 2.05. The molecule has 0 saturated carbocycles. The molecule has 0 bridgehead atoms. The van der Waals surface area contributed by atoms with E-state index in [4.69, 9.17) is 5.73 Å². The normalized spacial score (nSPS) is 12.9. The predicted octanol–water partition coefficient (Wildman–Crippen LogP) is 0.603. The van der Waals surface area contributed by atoms with E-state index in [9.17, 15) is 9.50 Å². The van der Waals surface area contributed by atoms with Gasteiger partial charge in [0.2, 0.25) is 0 Å². The van der Waals surface area contributed by atoms with E-state index in [1.54, 1.807) is 0 Å². The Morgan fingerprint density at radius 2 is 2.33 bits per heavy atom. The minimum Gasteiger partial charge on any atom is -0.388 e. The second-order valence-corrected chi connectivity index (χ2v) is 2.53. The third kappa shape index (κ3) is 2.25. The Morgan fingerprint density at radius 3 is 2.92 bits per heavy atom. The SMILES string of the molecule is NCC[C@H](O)c1cncc(F)c1. The van der Waals surface area contributed by atoms with Gasteiger partial charge in [0.05, 0.1) is 12.3 Å². The van der Waals surface area contributed by atoms with Crippen LogP contribution >= 0.6 is 0 Å². The van der Waals surface area contributed by atoms with Gasteiger partial charge in [-0.15, -0.1) is 0 Å². The fourth-order valence-corrected chi connectivity index (χ4v) is 0.935. The van der Waals surface area contributed by atoms with Gasteiger partial charge in [-0.05, 0) is 19.0 Å². The highest BCUT2D eigenvalue weighted by atomic mass is 19.1. The van der Waals surface area contributed by atoms with Crippen molar-refractivity contribution >= 4 is 0 Å². The molecular weight excluding hydrogens is 159 g/mol. The highest BCUT2D eigenvalue weighted by Gasteiger charge is 2.06. The molecule has 0 radical (unpaired) electrons. The molecule has 4 heteroatoms. The van der Waals surface area contributed by atoms with Crippen LogP contribution in [0.3, 0.4) is 0 Å². The minimum absolute atomic E-state index is 0.373. The number of rotatable bonds is 3. The number of hydrogen-bond donors (Lipinski definition) is 2. The number of aliphatic hydroxyl groups is 1. The summed E-state index contributed by atoms with van der Waals surface area (Å²) in [7, 11) is 0. The Bertz CT molecular complexity index is 255. The number of hydrogen-bond acceptors (Lipinski definition) is 3. The van der Waals surface area contributed by atoms with Crippen LogP contribution in [0.2, 0.25) is 0 Å². The molecule has 1 aromatic rings. The van der Waals surface area contributed by atoms with Crippen LogP contribution in [-0.2, 0) is 0 Å². The van der Waals surface area contributed by atoms with Gasteiger partial charge in [0, 0.05) is 11.8 Å². The lowest BCUT2D eigenvalue weighted by Crippen LogP contribution is -2.07. The first-order chi connectivity index (χ1) is 5.74. The van der Waals surface area contributed by atoms with Crippen molar-refractivity contribution in [3.05, 3.63) is 29.8 Å². The Morgan fingerprint density at radius 1 is 1.58 bits per heavy atom. The third-order valence-electron chi connectivity index (χ3n) is 1.55. The maximum Gasteiger partial charge on any atom is 0.141 e. The van der Waals surface area contributed by atoms with Crippen molar-refractivity contribution in [2.75, 3.05) is 6.54 Å². The topological polar surface area (TPSA) is 59.1 Å². The molecule has 0 aliphatic carbocycles. The Balaban J connectivity index is 2.73. The first-order valence-electron chi connectivity index (χ1n) is 3.72. The number of aliphatic hydroxyl groups excluding tert-OH is 1. The van der Waals surface area contributed by atoms with Crippen molar-refractivity contribution in [1.82, 2.24) is 4.98 Å². The van der Waals surface area contributed by atoms with Gasteiger partial charge < -0.3 is 10.8 Å². The van der Waals surface area contributed by atoms with Gasteiger partial charge in [0.25, 0.3) is 0 Å². The van der Waals surface area contributed by atoms with E-state index in [1.165, 1.54) is 12.3 Å². The molecule has 1 rings (SSSR count). The first kappa shape index (κ1) is 9.09. The maximum atomic E-state index is 12.6. The fourth-order valence-electron chi connectivity index (χ4n) is 0.935. The van der Waals surface area contributed by atoms with E-state index < -0.39 is 11.9 Å². The molecule has 0 unspecified atom stereocenters. The highest BCUT2D eigenvalue weighted by molar-refractivity contribution is 5.12. The van der Waals surface area contributed by atoms with Gasteiger partial charge in [-0.3, -0.25) is 4.98 Å². The molecule has 66 valence electrons. The summed E-state index contributed by atoms with van der Waals surface area (Å²) in [4.78, 5) is 3.61. The molecule has 3 nitrogen and oxygen atoms in total. The maximum absolute atomic E-state index is 12.6. The molecule has 3 N–H and O–H groups in total. The van der Waals surface area contributed by atoms with E-state index in [1.807, 2.05) is 0 Å². The van der Waals surface area contributed by atoms with E-state index in [0.717, 1.165) is 6.20 Å². The smallest absolute Gasteiger partial charge is 0.141 e. The largest absolute Gasteiger partial charge is 0.388 e. The molecule has 0 aliphatic heterocycles. The highest BCUT2D eigenvalue weighted by Crippen LogP contribution is 2.14. The average molecular weight is 170 g/mol.